The molecule has 0 aliphatic heterocycles. The summed E-state index contributed by atoms with van der Waals surface area (Å²) in [6, 6.07) is 0. The van der Waals surface area contributed by atoms with Crippen molar-refractivity contribution in [2.45, 2.75) is 80.3 Å². The van der Waals surface area contributed by atoms with E-state index in [0.29, 0.717) is 26.4 Å². The molecule has 0 aromatic carbocycles. The summed E-state index contributed by atoms with van der Waals surface area (Å²) in [7, 11) is 0. The smallest absolute Gasteiger partial charge is 0.180 e. The van der Waals surface area contributed by atoms with Gasteiger partial charge in [-0.15, -0.1) is 0 Å². The number of hydrogen-bond acceptors (Lipinski definition) is 4. The van der Waals surface area contributed by atoms with E-state index in [4.69, 9.17) is 18.9 Å². The lowest BCUT2D eigenvalue weighted by Crippen LogP contribution is -2.22. The van der Waals surface area contributed by atoms with Gasteiger partial charge in [-0.1, -0.05) is 26.8 Å². The first kappa shape index (κ1) is 23.3. The van der Waals surface area contributed by atoms with Crippen molar-refractivity contribution in [3.63, 3.8) is 0 Å². The summed E-state index contributed by atoms with van der Waals surface area (Å²) in [6.07, 6.45) is 4.39. The highest BCUT2D eigenvalue weighted by Crippen LogP contribution is 2.24. The summed E-state index contributed by atoms with van der Waals surface area (Å²) in [6.45, 7) is 17.0. The van der Waals surface area contributed by atoms with Crippen molar-refractivity contribution in [2.75, 3.05) is 26.4 Å². The summed E-state index contributed by atoms with van der Waals surface area (Å²) >= 11 is 0. The van der Waals surface area contributed by atoms with E-state index in [-0.39, 0.29) is 12.6 Å². The monoisotopic (exact) mass is 342 g/mol. The van der Waals surface area contributed by atoms with Crippen LogP contribution in [0.3, 0.4) is 0 Å². The Balaban J connectivity index is 5.74. The van der Waals surface area contributed by atoms with Crippen LogP contribution in [0.1, 0.15) is 67.7 Å². The van der Waals surface area contributed by atoms with Crippen molar-refractivity contribution in [3.8, 4) is 0 Å². The molecule has 24 heavy (non-hydrogen) atoms. The molecule has 0 atom stereocenters. The molecular weight excluding hydrogens is 304 g/mol. The Morgan fingerprint density at radius 2 is 1.08 bits per heavy atom. The molecule has 0 aliphatic rings. The van der Waals surface area contributed by atoms with Gasteiger partial charge in [-0.05, 0) is 63.7 Å². The number of ether oxygens (including phenoxy) is 4. The van der Waals surface area contributed by atoms with Crippen LogP contribution in [0.2, 0.25) is 0 Å². The third-order valence-electron chi connectivity index (χ3n) is 3.80. The molecule has 4 nitrogen and oxygen atoms in total. The molecule has 0 fully saturated rings. The van der Waals surface area contributed by atoms with E-state index in [1.807, 2.05) is 27.7 Å². The fraction of sp³-hybridized carbons (Fsp3) is 0.800. The van der Waals surface area contributed by atoms with E-state index in [1.165, 1.54) is 11.1 Å². The zero-order chi connectivity index (χ0) is 18.4. The molecule has 0 radical (unpaired) electrons. The Bertz CT molecular complexity index is 362. The fourth-order valence-corrected chi connectivity index (χ4v) is 2.64. The van der Waals surface area contributed by atoms with Crippen molar-refractivity contribution in [3.05, 3.63) is 22.8 Å². The van der Waals surface area contributed by atoms with Crippen molar-refractivity contribution in [2.24, 2.45) is 0 Å². The van der Waals surface area contributed by atoms with Crippen LogP contribution in [0.15, 0.2) is 22.8 Å². The van der Waals surface area contributed by atoms with Crippen LogP contribution in [0.4, 0.5) is 0 Å². The van der Waals surface area contributed by atoms with Gasteiger partial charge in [0, 0.05) is 26.4 Å². The molecular formula is C20H38O4. The van der Waals surface area contributed by atoms with Crippen LogP contribution < -0.4 is 0 Å². The van der Waals surface area contributed by atoms with Gasteiger partial charge in [0.05, 0.1) is 0 Å². The Morgan fingerprint density at radius 1 is 0.625 bits per heavy atom. The molecule has 0 bridgehead atoms. The topological polar surface area (TPSA) is 36.9 Å². The summed E-state index contributed by atoms with van der Waals surface area (Å²) in [5, 5.41) is 0. The third-order valence-corrected chi connectivity index (χ3v) is 3.80. The van der Waals surface area contributed by atoms with Crippen LogP contribution >= 0.6 is 0 Å². The van der Waals surface area contributed by atoms with Crippen LogP contribution in [0, 0.1) is 0 Å². The van der Waals surface area contributed by atoms with Gasteiger partial charge >= 0.3 is 0 Å². The number of rotatable bonds is 14. The Hall–Kier alpha value is -0.680. The summed E-state index contributed by atoms with van der Waals surface area (Å²) in [5.74, 6) is 0. The van der Waals surface area contributed by atoms with Gasteiger partial charge in [0.25, 0.3) is 0 Å². The maximum Gasteiger partial charge on any atom is 0.180 e. The molecule has 0 amide bonds. The Morgan fingerprint density at radius 3 is 1.42 bits per heavy atom. The largest absolute Gasteiger partial charge is 0.349 e. The average Bonchev–Trinajstić information content (AvgIpc) is 2.58. The second-order valence-electron chi connectivity index (χ2n) is 5.32. The van der Waals surface area contributed by atoms with Gasteiger partial charge < -0.3 is 18.9 Å². The standard InChI is InChI=1S/C20H38O4/c1-8-16(18(10-3)20(23-13-6)24-14-7)15-17(9-2)19(21-11-4)22-12-5/h15,19-20H,8-14H2,1-7H3. The minimum Gasteiger partial charge on any atom is -0.349 e. The second kappa shape index (κ2) is 14.6. The normalized spacial score (nSPS) is 13.8. The highest BCUT2D eigenvalue weighted by molar-refractivity contribution is 5.31. The lowest BCUT2D eigenvalue weighted by atomic mass is 9.99. The van der Waals surface area contributed by atoms with E-state index in [2.05, 4.69) is 26.8 Å². The highest BCUT2D eigenvalue weighted by Gasteiger charge is 2.18. The first-order valence-electron chi connectivity index (χ1n) is 9.51. The van der Waals surface area contributed by atoms with Crippen molar-refractivity contribution >= 4 is 0 Å². The second-order valence-corrected chi connectivity index (χ2v) is 5.32. The molecule has 0 rings (SSSR count). The van der Waals surface area contributed by atoms with E-state index in [0.717, 1.165) is 24.8 Å². The Labute approximate surface area is 149 Å². The molecule has 0 N–H and O–H groups in total. The van der Waals surface area contributed by atoms with Crippen LogP contribution in [-0.2, 0) is 18.9 Å². The number of hydrogen-bond donors (Lipinski definition) is 0. The molecule has 0 aromatic heterocycles. The van der Waals surface area contributed by atoms with Gasteiger partial charge in [-0.3, -0.25) is 0 Å². The minimum absolute atomic E-state index is 0.271. The number of allylic oxidation sites excluding steroid dienone is 2. The maximum absolute atomic E-state index is 5.82. The summed E-state index contributed by atoms with van der Waals surface area (Å²) in [4.78, 5) is 0. The third kappa shape index (κ3) is 7.93. The van der Waals surface area contributed by atoms with Gasteiger partial charge in [0.15, 0.2) is 12.6 Å². The van der Waals surface area contributed by atoms with E-state index >= 15 is 0 Å². The van der Waals surface area contributed by atoms with Gasteiger partial charge in [0.2, 0.25) is 0 Å². The first-order chi connectivity index (χ1) is 11.6. The molecule has 0 unspecified atom stereocenters. The molecule has 0 spiro atoms. The SMILES string of the molecule is CCOC(OCC)C(=CC(CC)=C(CC)C(OCC)OCC)CC. The van der Waals surface area contributed by atoms with E-state index < -0.39 is 0 Å². The minimum atomic E-state index is -0.276. The van der Waals surface area contributed by atoms with Crippen LogP contribution in [0.25, 0.3) is 0 Å². The average molecular weight is 343 g/mol. The predicted molar refractivity (Wildman–Crippen MR) is 100 cm³/mol. The van der Waals surface area contributed by atoms with Crippen molar-refractivity contribution in [1.82, 2.24) is 0 Å². The van der Waals surface area contributed by atoms with Crippen molar-refractivity contribution in [1.29, 1.82) is 0 Å². The quantitative estimate of drug-likeness (QED) is 0.320. The van der Waals surface area contributed by atoms with Gasteiger partial charge in [-0.25, -0.2) is 0 Å². The van der Waals surface area contributed by atoms with Gasteiger partial charge in [0.1, 0.15) is 0 Å². The predicted octanol–water partition coefficient (Wildman–Crippen LogP) is 5.24. The van der Waals surface area contributed by atoms with Crippen LogP contribution in [-0.4, -0.2) is 39.0 Å². The molecule has 0 saturated heterocycles. The zero-order valence-electron chi connectivity index (χ0n) is 16.8. The molecule has 0 aliphatic carbocycles. The summed E-state index contributed by atoms with van der Waals surface area (Å²) < 4.78 is 23.2. The first-order valence-corrected chi connectivity index (χ1v) is 9.51. The molecule has 0 saturated carbocycles. The fourth-order valence-electron chi connectivity index (χ4n) is 2.64. The van der Waals surface area contributed by atoms with Crippen molar-refractivity contribution < 1.29 is 18.9 Å². The molecule has 0 aromatic rings. The molecule has 142 valence electrons. The molecule has 0 heterocycles. The molecule has 4 heteroatoms. The zero-order valence-corrected chi connectivity index (χ0v) is 16.8. The lowest BCUT2D eigenvalue weighted by Gasteiger charge is -2.24. The van der Waals surface area contributed by atoms with Gasteiger partial charge in [-0.2, -0.15) is 0 Å². The maximum atomic E-state index is 5.82. The summed E-state index contributed by atoms with van der Waals surface area (Å²) in [5.41, 5.74) is 3.62. The van der Waals surface area contributed by atoms with E-state index in [9.17, 15) is 0 Å². The van der Waals surface area contributed by atoms with E-state index in [1.54, 1.807) is 0 Å². The Kier molecular flexibility index (Phi) is 14.2. The lowest BCUT2D eigenvalue weighted by molar-refractivity contribution is -0.114. The highest BCUT2D eigenvalue weighted by atomic mass is 16.7. The van der Waals surface area contributed by atoms with Crippen LogP contribution in [0.5, 0.6) is 0 Å².